The Morgan fingerprint density at radius 2 is 2.06 bits per heavy atom. The normalized spacial score (nSPS) is 9.38. The van der Waals surface area contributed by atoms with Crippen molar-refractivity contribution >= 4 is 45.2 Å². The van der Waals surface area contributed by atoms with Gasteiger partial charge in [0.25, 0.3) is 0 Å². The summed E-state index contributed by atoms with van der Waals surface area (Å²) in [4.78, 5) is 0. The van der Waals surface area contributed by atoms with E-state index in [0.717, 1.165) is 11.2 Å². The van der Waals surface area contributed by atoms with Gasteiger partial charge >= 0.3 is 0 Å². The molecule has 2 aromatic rings. The molecular formula is C10H15Br2N3O. The highest BCUT2D eigenvalue weighted by Gasteiger charge is 2.04. The number of pyridine rings is 1. The van der Waals surface area contributed by atoms with Gasteiger partial charge in [-0.3, -0.25) is 0 Å². The van der Waals surface area contributed by atoms with Crippen LogP contribution in [0, 0.1) is 6.92 Å². The van der Waals surface area contributed by atoms with Gasteiger partial charge in [-0.25, -0.2) is 4.52 Å². The van der Waals surface area contributed by atoms with Crippen LogP contribution in [0.1, 0.15) is 12.6 Å². The van der Waals surface area contributed by atoms with Crippen molar-refractivity contribution in [1.29, 1.82) is 0 Å². The number of ether oxygens (including phenoxy) is 1. The van der Waals surface area contributed by atoms with Gasteiger partial charge in [-0.1, -0.05) is 0 Å². The molecule has 0 radical (unpaired) electrons. The summed E-state index contributed by atoms with van der Waals surface area (Å²) in [7, 11) is 0. The smallest absolute Gasteiger partial charge is 0.160 e. The van der Waals surface area contributed by atoms with Gasteiger partial charge in [0.15, 0.2) is 5.75 Å². The maximum Gasteiger partial charge on any atom is 0.160 e. The SMILES string of the molecule is Br.Br.CCOc1cn2nc(C)cc2cc1N. The maximum atomic E-state index is 5.82. The van der Waals surface area contributed by atoms with Crippen LogP contribution in [0.25, 0.3) is 5.52 Å². The highest BCUT2D eigenvalue weighted by Crippen LogP contribution is 2.23. The van der Waals surface area contributed by atoms with Crippen molar-refractivity contribution in [2.75, 3.05) is 12.3 Å². The van der Waals surface area contributed by atoms with E-state index < -0.39 is 0 Å². The minimum Gasteiger partial charge on any atom is -0.490 e. The molecule has 2 N–H and O–H groups in total. The van der Waals surface area contributed by atoms with E-state index in [-0.39, 0.29) is 34.0 Å². The quantitative estimate of drug-likeness (QED) is 0.904. The fraction of sp³-hybridized carbons (Fsp3) is 0.300. The van der Waals surface area contributed by atoms with Crippen LogP contribution in [0.15, 0.2) is 18.3 Å². The average Bonchev–Trinajstić information content (AvgIpc) is 2.45. The number of halogens is 2. The van der Waals surface area contributed by atoms with Crippen LogP contribution in [0.3, 0.4) is 0 Å². The Morgan fingerprint density at radius 3 is 2.69 bits per heavy atom. The lowest BCUT2D eigenvalue weighted by Gasteiger charge is -2.06. The molecule has 0 saturated heterocycles. The van der Waals surface area contributed by atoms with E-state index in [0.29, 0.717) is 18.0 Å². The summed E-state index contributed by atoms with van der Waals surface area (Å²) in [6.45, 7) is 4.48. The summed E-state index contributed by atoms with van der Waals surface area (Å²) in [5.41, 5.74) is 8.43. The van der Waals surface area contributed by atoms with Crippen LogP contribution >= 0.6 is 34.0 Å². The Bertz CT molecular complexity index is 470. The molecule has 6 heteroatoms. The van der Waals surface area contributed by atoms with E-state index in [9.17, 15) is 0 Å². The van der Waals surface area contributed by atoms with Crippen molar-refractivity contribution in [2.24, 2.45) is 0 Å². The predicted octanol–water partition coefficient (Wildman–Crippen LogP) is 2.78. The number of nitrogens with two attached hydrogens (primary N) is 1. The van der Waals surface area contributed by atoms with Gasteiger partial charge in [-0.15, -0.1) is 34.0 Å². The van der Waals surface area contributed by atoms with Crippen LogP contribution < -0.4 is 10.5 Å². The van der Waals surface area contributed by atoms with Crippen LogP contribution in [0.2, 0.25) is 0 Å². The number of aryl methyl sites for hydroxylation is 1. The molecule has 0 fully saturated rings. The lowest BCUT2D eigenvalue weighted by atomic mass is 10.3. The third-order valence-electron chi connectivity index (χ3n) is 2.01. The van der Waals surface area contributed by atoms with E-state index in [1.165, 1.54) is 0 Å². The molecule has 16 heavy (non-hydrogen) atoms. The van der Waals surface area contributed by atoms with Gasteiger partial charge < -0.3 is 10.5 Å². The third kappa shape index (κ3) is 2.89. The molecule has 0 aliphatic rings. The van der Waals surface area contributed by atoms with Crippen molar-refractivity contribution in [3.8, 4) is 5.75 Å². The number of rotatable bonds is 2. The molecule has 0 spiro atoms. The lowest BCUT2D eigenvalue weighted by molar-refractivity contribution is 0.340. The zero-order valence-electron chi connectivity index (χ0n) is 9.14. The molecular weight excluding hydrogens is 338 g/mol. The van der Waals surface area contributed by atoms with Crippen molar-refractivity contribution in [1.82, 2.24) is 9.61 Å². The first kappa shape index (κ1) is 15.2. The van der Waals surface area contributed by atoms with E-state index in [2.05, 4.69) is 5.10 Å². The molecule has 2 heterocycles. The highest BCUT2D eigenvalue weighted by atomic mass is 79.9. The minimum atomic E-state index is 0. The largest absolute Gasteiger partial charge is 0.490 e. The van der Waals surface area contributed by atoms with Gasteiger partial charge in [0, 0.05) is 0 Å². The molecule has 0 aliphatic heterocycles. The van der Waals surface area contributed by atoms with Gasteiger partial charge in [0.1, 0.15) is 0 Å². The first-order valence-electron chi connectivity index (χ1n) is 4.59. The number of fused-ring (bicyclic) bond motifs is 1. The Labute approximate surface area is 115 Å². The number of aromatic nitrogens is 2. The van der Waals surface area contributed by atoms with Crippen molar-refractivity contribution in [3.05, 3.63) is 24.0 Å². The predicted molar refractivity (Wildman–Crippen MR) is 76.2 cm³/mol. The Kier molecular flexibility index (Phi) is 5.81. The van der Waals surface area contributed by atoms with Crippen LogP contribution in [0.4, 0.5) is 5.69 Å². The number of nitrogen functional groups attached to an aromatic ring is 1. The molecule has 0 atom stereocenters. The van der Waals surface area contributed by atoms with E-state index in [1.54, 1.807) is 10.7 Å². The zero-order valence-corrected chi connectivity index (χ0v) is 12.6. The highest BCUT2D eigenvalue weighted by molar-refractivity contribution is 8.93. The third-order valence-corrected chi connectivity index (χ3v) is 2.01. The molecule has 0 bridgehead atoms. The van der Waals surface area contributed by atoms with Crippen molar-refractivity contribution in [3.63, 3.8) is 0 Å². The number of hydrogen-bond acceptors (Lipinski definition) is 3. The Morgan fingerprint density at radius 1 is 1.38 bits per heavy atom. The van der Waals surface area contributed by atoms with E-state index >= 15 is 0 Å². The molecule has 0 aliphatic carbocycles. The van der Waals surface area contributed by atoms with Crippen molar-refractivity contribution in [2.45, 2.75) is 13.8 Å². The molecule has 0 amide bonds. The monoisotopic (exact) mass is 351 g/mol. The number of nitrogens with zero attached hydrogens (tertiary/aromatic N) is 2. The fourth-order valence-electron chi connectivity index (χ4n) is 1.44. The molecule has 4 nitrogen and oxygen atoms in total. The summed E-state index contributed by atoms with van der Waals surface area (Å²) < 4.78 is 7.14. The average molecular weight is 353 g/mol. The van der Waals surface area contributed by atoms with Gasteiger partial charge in [0.05, 0.1) is 29.7 Å². The fourth-order valence-corrected chi connectivity index (χ4v) is 1.44. The first-order valence-corrected chi connectivity index (χ1v) is 4.59. The molecule has 0 saturated carbocycles. The van der Waals surface area contributed by atoms with E-state index in [1.807, 2.05) is 26.0 Å². The standard InChI is InChI=1S/C10H13N3O.2BrH/c1-3-14-10-6-13-8(5-9(10)11)4-7(2)12-13;;/h4-6H,3,11H2,1-2H3;2*1H. The second kappa shape index (κ2) is 6.10. The lowest BCUT2D eigenvalue weighted by Crippen LogP contribution is -1.99. The second-order valence-electron chi connectivity index (χ2n) is 3.18. The molecule has 90 valence electrons. The second-order valence-corrected chi connectivity index (χ2v) is 3.18. The number of anilines is 1. The van der Waals surface area contributed by atoms with Crippen LogP contribution in [-0.4, -0.2) is 16.2 Å². The molecule has 0 unspecified atom stereocenters. The van der Waals surface area contributed by atoms with Gasteiger partial charge in [-0.2, -0.15) is 5.10 Å². The topological polar surface area (TPSA) is 52.5 Å². The molecule has 2 aromatic heterocycles. The minimum absolute atomic E-state index is 0. The number of hydrogen-bond donors (Lipinski definition) is 1. The van der Waals surface area contributed by atoms with Crippen LogP contribution in [0.5, 0.6) is 5.75 Å². The summed E-state index contributed by atoms with van der Waals surface area (Å²) in [5, 5.41) is 4.28. The zero-order chi connectivity index (χ0) is 10.1. The van der Waals surface area contributed by atoms with Gasteiger partial charge in [0.2, 0.25) is 0 Å². The summed E-state index contributed by atoms with van der Waals surface area (Å²) in [5.74, 6) is 0.683. The van der Waals surface area contributed by atoms with Crippen molar-refractivity contribution < 1.29 is 4.74 Å². The van der Waals surface area contributed by atoms with Gasteiger partial charge in [-0.05, 0) is 26.0 Å². The summed E-state index contributed by atoms with van der Waals surface area (Å²) in [6, 6.07) is 3.84. The Hall–Kier alpha value is -0.750. The van der Waals surface area contributed by atoms with E-state index in [4.69, 9.17) is 10.5 Å². The van der Waals surface area contributed by atoms with Crippen LogP contribution in [-0.2, 0) is 0 Å². The Balaban J connectivity index is 0.00000112. The first-order chi connectivity index (χ1) is 6.70. The molecule has 0 aromatic carbocycles. The molecule has 2 rings (SSSR count). The summed E-state index contributed by atoms with van der Waals surface area (Å²) in [6.07, 6.45) is 1.81. The summed E-state index contributed by atoms with van der Waals surface area (Å²) >= 11 is 0. The maximum absolute atomic E-state index is 5.82.